The first-order valence-corrected chi connectivity index (χ1v) is 30.4. The largest absolute Gasteiger partial charge is 0.396 e. The molecule has 1 unspecified atom stereocenters. The van der Waals surface area contributed by atoms with Crippen molar-refractivity contribution in [2.45, 2.75) is 316 Å². The van der Waals surface area contributed by atoms with Crippen molar-refractivity contribution in [3.05, 3.63) is 36.5 Å². The first kappa shape index (κ1) is 67.9. The predicted molar refractivity (Wildman–Crippen MR) is 298 cm³/mol. The van der Waals surface area contributed by atoms with E-state index in [1.165, 1.54) is 250 Å². The molecule has 69 heavy (non-hydrogen) atoms. The van der Waals surface area contributed by atoms with E-state index in [0.29, 0.717) is 19.6 Å². The first-order valence-electron chi connectivity index (χ1n) is 30.4. The van der Waals surface area contributed by atoms with Crippen LogP contribution in [0.5, 0.6) is 0 Å². The normalized spacial score (nSPS) is 14.7. The number of ether oxygens (including phenoxy) is 4. The van der Waals surface area contributed by atoms with Crippen LogP contribution in [0.15, 0.2) is 36.5 Å². The van der Waals surface area contributed by atoms with Crippen molar-refractivity contribution >= 4 is 0 Å². The lowest BCUT2D eigenvalue weighted by Crippen LogP contribution is -2.32. The highest BCUT2D eigenvalue weighted by Gasteiger charge is 2.62. The maximum absolute atomic E-state index is 8.66. The van der Waals surface area contributed by atoms with Crippen LogP contribution in [-0.4, -0.2) is 67.2 Å². The molecule has 1 aliphatic heterocycles. The fourth-order valence-corrected chi connectivity index (χ4v) is 8.65. The molecule has 0 aromatic rings. The fraction of sp³-hybridized carbons (Fsp3) is 0.903. The Labute approximate surface area is 430 Å². The molecule has 1 aliphatic rings. The fourth-order valence-electron chi connectivity index (χ4n) is 8.65. The molecule has 0 radical (unpaired) electrons. The maximum atomic E-state index is 8.66. The van der Waals surface area contributed by atoms with E-state index in [0.717, 1.165) is 25.9 Å². The lowest BCUT2D eigenvalue weighted by molar-refractivity contribution is -0.233. The number of unbranched alkanes of at least 4 members (excludes halogenated alkanes) is 36. The second kappa shape index (κ2) is 54.7. The molecule has 7 heteroatoms. The maximum Gasteiger partial charge on any atom is 0.340 e. The van der Waals surface area contributed by atoms with Crippen LogP contribution in [0.25, 0.3) is 0 Å². The van der Waals surface area contributed by atoms with Crippen molar-refractivity contribution in [2.75, 3.05) is 39.6 Å². The Morgan fingerprint density at radius 2 is 0.594 bits per heavy atom. The summed E-state index contributed by atoms with van der Waals surface area (Å²) in [6, 6.07) is 0. The Morgan fingerprint density at radius 3 is 0.841 bits per heavy atom. The van der Waals surface area contributed by atoms with Gasteiger partial charge in [0.25, 0.3) is 0 Å². The van der Waals surface area contributed by atoms with Crippen molar-refractivity contribution in [3.63, 3.8) is 0 Å². The molecule has 1 rings (SSSR count). The summed E-state index contributed by atoms with van der Waals surface area (Å²) < 4.78 is 24.8. The van der Waals surface area contributed by atoms with Gasteiger partial charge in [-0.1, -0.05) is 238 Å². The van der Waals surface area contributed by atoms with Crippen LogP contribution >= 0.6 is 0 Å². The molecule has 1 heterocycles. The van der Waals surface area contributed by atoms with Gasteiger partial charge in [0, 0.05) is 5.41 Å². The van der Waals surface area contributed by atoms with Crippen LogP contribution in [0.2, 0.25) is 0 Å². The van der Waals surface area contributed by atoms with Crippen molar-refractivity contribution in [2.24, 2.45) is 5.41 Å². The Bertz CT molecular complexity index is 1010. The van der Waals surface area contributed by atoms with Crippen LogP contribution in [0.4, 0.5) is 0 Å². The highest BCUT2D eigenvalue weighted by atomic mass is 17.0. The molecule has 0 bridgehead atoms. The number of aliphatic hydroxyl groups excluding tert-OH is 3. The zero-order valence-electron chi connectivity index (χ0n) is 46.7. The molecular formula is C62H120O7. The average Bonchev–Trinajstić information content (AvgIpc) is 4.06. The van der Waals surface area contributed by atoms with E-state index in [1.54, 1.807) is 0 Å². The molecule has 410 valence electrons. The van der Waals surface area contributed by atoms with Crippen LogP contribution in [0.1, 0.15) is 304 Å². The molecule has 7 nitrogen and oxygen atoms in total. The van der Waals surface area contributed by atoms with Crippen molar-refractivity contribution in [1.82, 2.24) is 0 Å². The summed E-state index contributed by atoms with van der Waals surface area (Å²) in [4.78, 5) is 0. The van der Waals surface area contributed by atoms with E-state index in [-0.39, 0.29) is 26.1 Å². The van der Waals surface area contributed by atoms with Crippen molar-refractivity contribution < 1.29 is 34.3 Å². The van der Waals surface area contributed by atoms with Gasteiger partial charge >= 0.3 is 5.97 Å². The zero-order chi connectivity index (χ0) is 50.3. The minimum Gasteiger partial charge on any atom is -0.396 e. The molecule has 0 aromatic heterocycles. The summed E-state index contributed by atoms with van der Waals surface area (Å²) in [7, 11) is 0. The number of aliphatic hydroxyl groups is 3. The van der Waals surface area contributed by atoms with Crippen molar-refractivity contribution in [1.29, 1.82) is 0 Å². The standard InChI is InChI=1S/C56H106O4.C6H14O3/c1-4-7-10-13-16-19-22-25-28-31-34-37-40-43-46-49-52-57-55-56(60-55,58-53-50-47-44-41-38-35-32-29-26-23-20-17-14-11-8-5-2)59-54-51-48-45-42-39-36-33-30-27-24-21-18-15-12-9-6-3;1-2-6(3-7,4-8)5-9/h25-30,55H,4-24,31-54H2,1-3H3;7-9H,2-5H2,1H3/b28-25-,29-26-,30-27-;. The average molecular weight is 978 g/mol. The van der Waals surface area contributed by atoms with E-state index in [9.17, 15) is 0 Å². The summed E-state index contributed by atoms with van der Waals surface area (Å²) in [5.41, 5.74) is -0.667. The van der Waals surface area contributed by atoms with Gasteiger partial charge in [-0.3, -0.25) is 4.74 Å². The minimum absolute atomic E-state index is 0.156. The van der Waals surface area contributed by atoms with E-state index in [1.807, 2.05) is 6.92 Å². The van der Waals surface area contributed by atoms with E-state index < -0.39 is 11.4 Å². The molecule has 1 saturated heterocycles. The van der Waals surface area contributed by atoms with Gasteiger partial charge in [-0.15, -0.1) is 0 Å². The van der Waals surface area contributed by atoms with Gasteiger partial charge in [-0.25, -0.2) is 0 Å². The van der Waals surface area contributed by atoms with Gasteiger partial charge in [0.15, 0.2) is 0 Å². The molecule has 0 saturated carbocycles. The Kier molecular flexibility index (Phi) is 53.9. The smallest absolute Gasteiger partial charge is 0.340 e. The number of rotatable bonds is 55. The monoisotopic (exact) mass is 977 g/mol. The second-order valence-corrected chi connectivity index (χ2v) is 20.8. The van der Waals surface area contributed by atoms with Crippen LogP contribution < -0.4 is 0 Å². The third kappa shape index (κ3) is 45.3. The molecule has 0 spiro atoms. The number of allylic oxidation sites excluding steroid dienone is 6. The summed E-state index contributed by atoms with van der Waals surface area (Å²) in [5.74, 6) is -0.966. The quantitative estimate of drug-likeness (QED) is 0.0242. The van der Waals surface area contributed by atoms with Gasteiger partial charge in [-0.05, 0) is 103 Å². The van der Waals surface area contributed by atoms with Gasteiger partial charge < -0.3 is 29.5 Å². The predicted octanol–water partition coefficient (Wildman–Crippen LogP) is 18.5. The van der Waals surface area contributed by atoms with Crippen LogP contribution in [0.3, 0.4) is 0 Å². The van der Waals surface area contributed by atoms with Crippen molar-refractivity contribution in [3.8, 4) is 0 Å². The van der Waals surface area contributed by atoms with E-state index in [2.05, 4.69) is 57.2 Å². The number of hydrogen-bond donors (Lipinski definition) is 3. The van der Waals surface area contributed by atoms with E-state index in [4.69, 9.17) is 34.3 Å². The summed E-state index contributed by atoms with van der Waals surface area (Å²) >= 11 is 0. The number of epoxide rings is 1. The third-order valence-corrected chi connectivity index (χ3v) is 14.1. The highest BCUT2D eigenvalue weighted by Crippen LogP contribution is 2.40. The second-order valence-electron chi connectivity index (χ2n) is 20.8. The summed E-state index contributed by atoms with van der Waals surface area (Å²) in [6.07, 6.45) is 69.9. The third-order valence-electron chi connectivity index (χ3n) is 14.1. The van der Waals surface area contributed by atoms with Gasteiger partial charge in [0.2, 0.25) is 6.29 Å². The highest BCUT2D eigenvalue weighted by molar-refractivity contribution is 4.83. The summed E-state index contributed by atoms with van der Waals surface area (Å²) in [5, 5.41) is 26.0. The molecular weight excluding hydrogens is 857 g/mol. The summed E-state index contributed by atoms with van der Waals surface area (Å²) in [6.45, 7) is 10.3. The molecule has 3 N–H and O–H groups in total. The van der Waals surface area contributed by atoms with Gasteiger partial charge in [0.1, 0.15) is 0 Å². The molecule has 1 atom stereocenters. The number of hydrogen-bond acceptors (Lipinski definition) is 7. The Hall–Kier alpha value is -1.06. The van der Waals surface area contributed by atoms with Gasteiger partial charge in [0.05, 0.1) is 39.6 Å². The Balaban J connectivity index is 0.00000462. The van der Waals surface area contributed by atoms with Crippen LogP contribution in [-0.2, 0) is 18.9 Å². The molecule has 0 amide bonds. The lowest BCUT2D eigenvalue weighted by atomic mass is 9.88. The van der Waals surface area contributed by atoms with Crippen LogP contribution in [0, 0.1) is 5.41 Å². The molecule has 0 aliphatic carbocycles. The topological polar surface area (TPSA) is 101 Å². The zero-order valence-corrected chi connectivity index (χ0v) is 46.7. The molecule has 0 aromatic carbocycles. The first-order chi connectivity index (χ1) is 34.0. The minimum atomic E-state index is -0.966. The van der Waals surface area contributed by atoms with Gasteiger partial charge in [-0.2, -0.15) is 0 Å². The van der Waals surface area contributed by atoms with E-state index >= 15 is 0 Å². The Morgan fingerprint density at radius 1 is 0.348 bits per heavy atom. The SMILES string of the molecule is CCC(CO)(CO)CO.CCCCCCCC/C=C\CCCCCCCCOC1OC1(OCCCCCCCC/C=C\CCCCCCCC)OCCCCCCCC/C=C\CCCCCCCC. The lowest BCUT2D eigenvalue weighted by Gasteiger charge is -2.24. The molecule has 1 fully saturated rings.